The highest BCUT2D eigenvalue weighted by Gasteiger charge is 2.20. The third-order valence-electron chi connectivity index (χ3n) is 3.97. The summed E-state index contributed by atoms with van der Waals surface area (Å²) in [4.78, 5) is 44.4. The molecule has 0 radical (unpaired) electrons. The first kappa shape index (κ1) is 16.7. The Hall–Kier alpha value is -3.16. The van der Waals surface area contributed by atoms with Crippen LogP contribution in [0.2, 0.25) is 0 Å². The van der Waals surface area contributed by atoms with Gasteiger partial charge in [-0.25, -0.2) is 4.79 Å². The summed E-state index contributed by atoms with van der Waals surface area (Å²) in [7, 11) is 3.36. The van der Waals surface area contributed by atoms with Crippen LogP contribution in [0.1, 0.15) is 12.5 Å². The first-order valence-electron chi connectivity index (χ1n) is 7.82. The van der Waals surface area contributed by atoms with Gasteiger partial charge in [0.15, 0.2) is 11.2 Å². The van der Waals surface area contributed by atoms with Crippen LogP contribution in [0.3, 0.4) is 0 Å². The summed E-state index contributed by atoms with van der Waals surface area (Å²) in [6, 6.07) is 9.78. The van der Waals surface area contributed by atoms with Gasteiger partial charge in [-0.2, -0.15) is 4.98 Å². The number of hydrogen-bond donors (Lipinski definition) is 1. The molecule has 0 fully saturated rings. The van der Waals surface area contributed by atoms with Gasteiger partial charge in [0, 0.05) is 20.6 Å². The van der Waals surface area contributed by atoms with Gasteiger partial charge >= 0.3 is 5.69 Å². The minimum Gasteiger partial charge on any atom is -0.341 e. The molecule has 0 amide bonds. The quantitative estimate of drug-likeness (QED) is 0.735. The highest BCUT2D eigenvalue weighted by molar-refractivity contribution is 5.81. The first-order valence-corrected chi connectivity index (χ1v) is 7.82. The topological polar surface area (TPSA) is 93.0 Å². The highest BCUT2D eigenvalue weighted by Crippen LogP contribution is 2.20. The number of nitrogens with zero attached hydrogens (tertiary/aromatic N) is 4. The van der Waals surface area contributed by atoms with Crippen LogP contribution >= 0.6 is 0 Å². The lowest BCUT2D eigenvalue weighted by atomic mass is 10.2. The zero-order valence-electron chi connectivity index (χ0n) is 14.3. The van der Waals surface area contributed by atoms with E-state index in [4.69, 9.17) is 0 Å². The molecule has 0 aliphatic carbocycles. The number of carbonyl (C=O) groups is 1. The minimum atomic E-state index is -0.550. The Balaban J connectivity index is 2.18. The van der Waals surface area contributed by atoms with Crippen LogP contribution < -0.4 is 16.1 Å². The van der Waals surface area contributed by atoms with Gasteiger partial charge in [-0.3, -0.25) is 23.7 Å². The van der Waals surface area contributed by atoms with Crippen molar-refractivity contribution in [3.05, 3.63) is 56.7 Å². The monoisotopic (exact) mass is 341 g/mol. The van der Waals surface area contributed by atoms with E-state index in [-0.39, 0.29) is 23.5 Å². The normalized spacial score (nSPS) is 11.0. The number of carbonyl (C=O) groups excluding carboxylic acids is 1. The number of fused-ring (bicyclic) bond motifs is 1. The van der Waals surface area contributed by atoms with E-state index in [2.05, 4.69) is 9.97 Å². The molecule has 0 saturated heterocycles. The van der Waals surface area contributed by atoms with Crippen LogP contribution in [0.15, 0.2) is 39.9 Å². The van der Waals surface area contributed by atoms with E-state index in [1.165, 1.54) is 18.5 Å². The molecule has 0 aliphatic rings. The van der Waals surface area contributed by atoms with E-state index in [1.54, 1.807) is 4.57 Å². The fourth-order valence-electron chi connectivity index (χ4n) is 2.81. The number of Topliss-reactive ketones (excluding diaryl/α,β-unsaturated/α-hetero) is 1. The molecule has 0 unspecified atom stereocenters. The second-order valence-electron chi connectivity index (χ2n) is 6.03. The number of benzene rings is 1. The Morgan fingerprint density at radius 2 is 1.92 bits per heavy atom. The summed E-state index contributed by atoms with van der Waals surface area (Å²) in [5.74, 6) is 0.350. The lowest BCUT2D eigenvalue weighted by Gasteiger charge is -2.19. The summed E-state index contributed by atoms with van der Waals surface area (Å²) in [6.07, 6.45) is 0. The molecule has 3 rings (SSSR count). The predicted octanol–water partition coefficient (Wildman–Crippen LogP) is 0.649. The van der Waals surface area contributed by atoms with Crippen LogP contribution in [0.5, 0.6) is 0 Å². The van der Waals surface area contributed by atoms with Crippen molar-refractivity contribution in [2.24, 2.45) is 7.05 Å². The molecule has 2 aromatic heterocycles. The number of aryl methyl sites for hydroxylation is 1. The summed E-state index contributed by atoms with van der Waals surface area (Å²) < 4.78 is 2.83. The largest absolute Gasteiger partial charge is 0.341 e. The first-order chi connectivity index (χ1) is 11.9. The maximum Gasteiger partial charge on any atom is 0.329 e. The molecule has 8 nitrogen and oxygen atoms in total. The Kier molecular flexibility index (Phi) is 4.26. The zero-order chi connectivity index (χ0) is 18.1. The fraction of sp³-hybridized carbons (Fsp3) is 0.294. The van der Waals surface area contributed by atoms with E-state index in [1.807, 2.05) is 42.3 Å². The molecule has 0 aliphatic heterocycles. The second-order valence-corrected chi connectivity index (χ2v) is 6.03. The molecule has 3 aromatic rings. The fourth-order valence-corrected chi connectivity index (χ4v) is 2.81. The van der Waals surface area contributed by atoms with Crippen LogP contribution in [0, 0.1) is 0 Å². The second kappa shape index (κ2) is 6.39. The van der Waals surface area contributed by atoms with E-state index < -0.39 is 11.2 Å². The highest BCUT2D eigenvalue weighted by atomic mass is 16.2. The van der Waals surface area contributed by atoms with Crippen LogP contribution in [0.4, 0.5) is 5.95 Å². The van der Waals surface area contributed by atoms with E-state index in [9.17, 15) is 14.4 Å². The van der Waals surface area contributed by atoms with E-state index in [0.29, 0.717) is 12.5 Å². The standard InChI is InChI=1S/C17H19N5O3/c1-11(23)9-22-13-14(21(3)17(25)19-15(13)24)18-16(22)20(2)10-12-7-5-4-6-8-12/h4-8H,9-10H2,1-3H3,(H,19,24,25). The van der Waals surface area contributed by atoms with Crippen LogP contribution in [0.25, 0.3) is 11.2 Å². The molecule has 0 bridgehead atoms. The predicted molar refractivity (Wildman–Crippen MR) is 94.8 cm³/mol. The smallest absolute Gasteiger partial charge is 0.329 e. The third-order valence-corrected chi connectivity index (χ3v) is 3.97. The average Bonchev–Trinajstić information content (AvgIpc) is 2.93. The van der Waals surface area contributed by atoms with Gasteiger partial charge in [0.2, 0.25) is 5.95 Å². The number of H-pyrrole nitrogens is 1. The maximum atomic E-state index is 12.3. The Morgan fingerprint density at radius 3 is 2.56 bits per heavy atom. The number of anilines is 1. The van der Waals surface area contributed by atoms with Crippen molar-refractivity contribution in [3.63, 3.8) is 0 Å². The van der Waals surface area contributed by atoms with Crippen molar-refractivity contribution in [1.82, 2.24) is 19.1 Å². The van der Waals surface area contributed by atoms with Crippen molar-refractivity contribution in [3.8, 4) is 0 Å². The van der Waals surface area contributed by atoms with Gasteiger partial charge in [-0.1, -0.05) is 30.3 Å². The molecular formula is C17H19N5O3. The van der Waals surface area contributed by atoms with E-state index >= 15 is 0 Å². The van der Waals surface area contributed by atoms with Crippen LogP contribution in [-0.2, 0) is 24.9 Å². The maximum absolute atomic E-state index is 12.3. The Bertz CT molecular complexity index is 1050. The van der Waals surface area contributed by atoms with Crippen molar-refractivity contribution in [2.45, 2.75) is 20.0 Å². The van der Waals surface area contributed by atoms with Gasteiger partial charge in [0.25, 0.3) is 5.56 Å². The molecule has 0 saturated carbocycles. The molecule has 1 aromatic carbocycles. The third kappa shape index (κ3) is 3.10. The van der Waals surface area contributed by atoms with Crippen molar-refractivity contribution < 1.29 is 4.79 Å². The van der Waals surface area contributed by atoms with Gasteiger partial charge in [0.1, 0.15) is 5.78 Å². The van der Waals surface area contributed by atoms with E-state index in [0.717, 1.165) is 5.56 Å². The summed E-state index contributed by atoms with van der Waals surface area (Å²) >= 11 is 0. The molecule has 0 atom stereocenters. The molecule has 2 heterocycles. The Labute approximate surface area is 143 Å². The lowest BCUT2D eigenvalue weighted by molar-refractivity contribution is -0.117. The van der Waals surface area contributed by atoms with Gasteiger partial charge in [-0.15, -0.1) is 0 Å². The van der Waals surface area contributed by atoms with Crippen LogP contribution in [-0.4, -0.2) is 31.9 Å². The molecule has 0 spiro atoms. The average molecular weight is 341 g/mol. The number of rotatable bonds is 5. The number of ketones is 1. The number of aromatic amines is 1. The molecule has 25 heavy (non-hydrogen) atoms. The SMILES string of the molecule is CC(=O)Cn1c(N(C)Cc2ccccc2)nc2c1c(=O)[nH]c(=O)n2C. The van der Waals surface area contributed by atoms with Crippen molar-refractivity contribution in [1.29, 1.82) is 0 Å². The van der Waals surface area contributed by atoms with Gasteiger partial charge in [-0.05, 0) is 12.5 Å². The minimum absolute atomic E-state index is 0.00620. The molecule has 130 valence electrons. The number of aromatic nitrogens is 4. The van der Waals surface area contributed by atoms with Crippen molar-refractivity contribution in [2.75, 3.05) is 11.9 Å². The van der Waals surface area contributed by atoms with Gasteiger partial charge < -0.3 is 4.90 Å². The number of nitrogens with one attached hydrogen (secondary N) is 1. The number of imidazole rings is 1. The Morgan fingerprint density at radius 1 is 1.24 bits per heavy atom. The summed E-state index contributed by atoms with van der Waals surface area (Å²) in [5, 5.41) is 0. The zero-order valence-corrected chi connectivity index (χ0v) is 14.3. The molecular weight excluding hydrogens is 322 g/mol. The summed E-state index contributed by atoms with van der Waals surface area (Å²) in [5.41, 5.74) is 0.444. The molecule has 1 N–H and O–H groups in total. The number of hydrogen-bond acceptors (Lipinski definition) is 5. The lowest BCUT2D eigenvalue weighted by Crippen LogP contribution is -2.29. The van der Waals surface area contributed by atoms with Gasteiger partial charge in [0.05, 0.1) is 6.54 Å². The summed E-state index contributed by atoms with van der Waals surface area (Å²) in [6.45, 7) is 2.00. The molecule has 8 heteroatoms. The van der Waals surface area contributed by atoms with Crippen molar-refractivity contribution >= 4 is 22.9 Å².